The summed E-state index contributed by atoms with van der Waals surface area (Å²) in [6, 6.07) is 10.2. The molecule has 3 rings (SSSR count). The molecule has 2 fully saturated rings. The molecule has 0 radical (unpaired) electrons. The molecule has 0 saturated carbocycles. The summed E-state index contributed by atoms with van der Waals surface area (Å²) >= 11 is 0. The number of rotatable bonds is 7. The van der Waals surface area contributed by atoms with Crippen LogP contribution in [0.15, 0.2) is 30.3 Å². The first-order valence-corrected chi connectivity index (χ1v) is 9.89. The molecule has 148 valence electrons. The van der Waals surface area contributed by atoms with E-state index in [4.69, 9.17) is 4.74 Å². The Bertz CT molecular complexity index is 627. The van der Waals surface area contributed by atoms with Crippen LogP contribution in [0.2, 0.25) is 0 Å². The van der Waals surface area contributed by atoms with Gasteiger partial charge in [0, 0.05) is 39.1 Å². The van der Waals surface area contributed by atoms with E-state index in [9.17, 15) is 9.59 Å². The summed E-state index contributed by atoms with van der Waals surface area (Å²) in [4.78, 5) is 30.8. The molecule has 0 aromatic heterocycles. The van der Waals surface area contributed by atoms with E-state index in [1.807, 2.05) is 42.1 Å². The third-order valence-corrected chi connectivity index (χ3v) is 5.46. The first-order chi connectivity index (χ1) is 13.0. The molecule has 1 aromatic rings. The number of hydrogen-bond donors (Lipinski definition) is 0. The van der Waals surface area contributed by atoms with Crippen molar-refractivity contribution in [3.8, 4) is 0 Å². The fourth-order valence-corrected chi connectivity index (χ4v) is 3.76. The lowest BCUT2D eigenvalue weighted by Crippen LogP contribution is -2.44. The molecule has 2 heterocycles. The predicted molar refractivity (Wildman–Crippen MR) is 104 cm³/mol. The number of carbonyl (C=O) groups is 2. The zero-order valence-corrected chi connectivity index (χ0v) is 16.5. The average Bonchev–Trinajstić information content (AvgIpc) is 3.06. The second-order valence-corrected chi connectivity index (χ2v) is 7.87. The minimum atomic E-state index is -0.179. The number of likely N-dealkylation sites (N-methyl/N-ethyl adjacent to an activating group) is 1. The summed E-state index contributed by atoms with van der Waals surface area (Å²) in [5.74, 6) is 0.0648. The van der Waals surface area contributed by atoms with Crippen molar-refractivity contribution < 1.29 is 14.3 Å². The number of benzene rings is 1. The van der Waals surface area contributed by atoms with Crippen molar-refractivity contribution in [2.75, 3.05) is 46.8 Å². The van der Waals surface area contributed by atoms with E-state index in [1.54, 1.807) is 0 Å². The van der Waals surface area contributed by atoms with Gasteiger partial charge in [0.1, 0.15) is 0 Å². The van der Waals surface area contributed by atoms with Crippen molar-refractivity contribution in [3.63, 3.8) is 0 Å². The van der Waals surface area contributed by atoms with Crippen LogP contribution >= 0.6 is 0 Å². The van der Waals surface area contributed by atoms with Crippen LogP contribution in [0.25, 0.3) is 0 Å². The number of amides is 2. The van der Waals surface area contributed by atoms with Gasteiger partial charge in [0.2, 0.25) is 11.8 Å². The van der Waals surface area contributed by atoms with Crippen LogP contribution in [-0.4, -0.2) is 79.4 Å². The molecule has 27 heavy (non-hydrogen) atoms. The normalized spacial score (nSPS) is 21.3. The van der Waals surface area contributed by atoms with Gasteiger partial charge < -0.3 is 19.4 Å². The average molecular weight is 373 g/mol. The monoisotopic (exact) mass is 373 g/mol. The van der Waals surface area contributed by atoms with Crippen LogP contribution in [0.4, 0.5) is 0 Å². The molecule has 0 unspecified atom stereocenters. The van der Waals surface area contributed by atoms with Crippen molar-refractivity contribution in [3.05, 3.63) is 35.9 Å². The summed E-state index contributed by atoms with van der Waals surface area (Å²) < 4.78 is 6.01. The first-order valence-electron chi connectivity index (χ1n) is 9.89. The predicted octanol–water partition coefficient (Wildman–Crippen LogP) is 1.60. The molecule has 2 amide bonds. The number of carbonyl (C=O) groups excluding carboxylic acids is 2. The molecule has 0 aliphatic carbocycles. The molecule has 2 aliphatic rings. The molecule has 6 nitrogen and oxygen atoms in total. The fraction of sp³-hybridized carbons (Fsp3) is 0.619. The SMILES string of the molecule is CN(C)CCN1C[C@@H](C(=O)N2CCC(OCc3ccccc3)CC2)CC1=O. The van der Waals surface area contributed by atoms with E-state index in [1.165, 1.54) is 5.56 Å². The van der Waals surface area contributed by atoms with Crippen molar-refractivity contribution in [2.24, 2.45) is 5.92 Å². The minimum absolute atomic E-state index is 0.108. The van der Waals surface area contributed by atoms with Crippen LogP contribution in [0.3, 0.4) is 0 Å². The lowest BCUT2D eigenvalue weighted by atomic mass is 10.0. The zero-order valence-electron chi connectivity index (χ0n) is 16.5. The van der Waals surface area contributed by atoms with E-state index in [-0.39, 0.29) is 23.8 Å². The third kappa shape index (κ3) is 5.53. The van der Waals surface area contributed by atoms with E-state index >= 15 is 0 Å². The highest BCUT2D eigenvalue weighted by Gasteiger charge is 2.37. The van der Waals surface area contributed by atoms with Gasteiger partial charge in [-0.05, 0) is 32.5 Å². The maximum atomic E-state index is 12.8. The Morgan fingerprint density at radius 1 is 1.19 bits per heavy atom. The van der Waals surface area contributed by atoms with Crippen LogP contribution in [0.1, 0.15) is 24.8 Å². The van der Waals surface area contributed by atoms with E-state index < -0.39 is 0 Å². The van der Waals surface area contributed by atoms with Gasteiger partial charge in [0.05, 0.1) is 18.6 Å². The summed E-state index contributed by atoms with van der Waals surface area (Å²) in [6.45, 7) is 4.16. The first kappa shape index (κ1) is 19.8. The molecule has 0 N–H and O–H groups in total. The van der Waals surface area contributed by atoms with E-state index in [2.05, 4.69) is 17.0 Å². The van der Waals surface area contributed by atoms with Gasteiger partial charge in [-0.25, -0.2) is 0 Å². The third-order valence-electron chi connectivity index (χ3n) is 5.46. The summed E-state index contributed by atoms with van der Waals surface area (Å²) in [6.07, 6.45) is 2.29. The Kier molecular flexibility index (Phi) is 6.85. The van der Waals surface area contributed by atoms with Gasteiger partial charge in [-0.3, -0.25) is 9.59 Å². The number of likely N-dealkylation sites (tertiary alicyclic amines) is 2. The van der Waals surface area contributed by atoms with Crippen LogP contribution in [-0.2, 0) is 20.9 Å². The number of hydrogen-bond acceptors (Lipinski definition) is 4. The van der Waals surface area contributed by atoms with Gasteiger partial charge in [-0.15, -0.1) is 0 Å². The zero-order chi connectivity index (χ0) is 19.2. The molecule has 0 bridgehead atoms. The summed E-state index contributed by atoms with van der Waals surface area (Å²) in [5.41, 5.74) is 1.18. The largest absolute Gasteiger partial charge is 0.373 e. The van der Waals surface area contributed by atoms with E-state index in [0.717, 1.165) is 32.5 Å². The molecule has 0 spiro atoms. The second-order valence-electron chi connectivity index (χ2n) is 7.87. The van der Waals surface area contributed by atoms with Crippen LogP contribution in [0, 0.1) is 5.92 Å². The maximum Gasteiger partial charge on any atom is 0.227 e. The Labute approximate surface area is 162 Å². The lowest BCUT2D eigenvalue weighted by molar-refractivity contribution is -0.138. The highest BCUT2D eigenvalue weighted by molar-refractivity contribution is 5.89. The second kappa shape index (κ2) is 9.33. The Morgan fingerprint density at radius 2 is 1.89 bits per heavy atom. The van der Waals surface area contributed by atoms with E-state index in [0.29, 0.717) is 26.1 Å². The summed E-state index contributed by atoms with van der Waals surface area (Å²) in [7, 11) is 3.99. The number of nitrogens with zero attached hydrogens (tertiary/aromatic N) is 3. The molecular formula is C21H31N3O3. The van der Waals surface area contributed by atoms with Gasteiger partial charge in [0.25, 0.3) is 0 Å². The Hall–Kier alpha value is -1.92. The topological polar surface area (TPSA) is 53.1 Å². The Morgan fingerprint density at radius 3 is 2.56 bits per heavy atom. The van der Waals surface area contributed by atoms with Crippen LogP contribution < -0.4 is 0 Å². The fourth-order valence-electron chi connectivity index (χ4n) is 3.76. The molecular weight excluding hydrogens is 342 g/mol. The standard InChI is InChI=1S/C21H31N3O3/c1-22(2)12-13-24-15-18(14-20(24)25)21(26)23-10-8-19(9-11-23)27-16-17-6-4-3-5-7-17/h3-7,18-19H,8-16H2,1-2H3/t18-/m0/s1. The highest BCUT2D eigenvalue weighted by atomic mass is 16.5. The minimum Gasteiger partial charge on any atom is -0.373 e. The van der Waals surface area contributed by atoms with Crippen LogP contribution in [0.5, 0.6) is 0 Å². The highest BCUT2D eigenvalue weighted by Crippen LogP contribution is 2.23. The molecule has 2 saturated heterocycles. The summed E-state index contributed by atoms with van der Waals surface area (Å²) in [5, 5.41) is 0. The van der Waals surface area contributed by atoms with Crippen molar-refractivity contribution >= 4 is 11.8 Å². The molecule has 1 atom stereocenters. The van der Waals surface area contributed by atoms with Gasteiger partial charge in [-0.1, -0.05) is 30.3 Å². The molecule has 1 aromatic carbocycles. The van der Waals surface area contributed by atoms with Gasteiger partial charge in [-0.2, -0.15) is 0 Å². The smallest absolute Gasteiger partial charge is 0.227 e. The molecule has 6 heteroatoms. The lowest BCUT2D eigenvalue weighted by Gasteiger charge is -2.33. The van der Waals surface area contributed by atoms with Gasteiger partial charge >= 0.3 is 0 Å². The van der Waals surface area contributed by atoms with Crippen molar-refractivity contribution in [1.29, 1.82) is 0 Å². The number of piperidine rings is 1. The maximum absolute atomic E-state index is 12.8. The number of ether oxygens (including phenoxy) is 1. The molecule has 2 aliphatic heterocycles. The van der Waals surface area contributed by atoms with Gasteiger partial charge in [0.15, 0.2) is 0 Å². The van der Waals surface area contributed by atoms with Crippen molar-refractivity contribution in [1.82, 2.24) is 14.7 Å². The Balaban J connectivity index is 1.41. The quantitative estimate of drug-likeness (QED) is 0.729. The van der Waals surface area contributed by atoms with Crippen molar-refractivity contribution in [2.45, 2.75) is 32.0 Å².